The number of carbonyl (C=O) groups excluding carboxylic acids is 1. The second-order valence-corrected chi connectivity index (χ2v) is 9.39. The molecule has 0 saturated carbocycles. The number of carbonyl (C=O) groups is 1. The fourth-order valence-electron chi connectivity index (χ4n) is 3.05. The Labute approximate surface area is 217 Å². The molecule has 0 heterocycles. The zero-order valence-electron chi connectivity index (χ0n) is 19.7. The number of hydrazone groups is 1. The summed E-state index contributed by atoms with van der Waals surface area (Å²) in [6.45, 7) is 1.23. The quantitative estimate of drug-likeness (QED) is 0.123. The van der Waals surface area contributed by atoms with Crippen LogP contribution in [-0.2, 0) is 14.8 Å². The summed E-state index contributed by atoms with van der Waals surface area (Å²) >= 11 is 5.81. The lowest BCUT2D eigenvalue weighted by molar-refractivity contribution is -0.384. The van der Waals surface area contributed by atoms with E-state index in [1.807, 2.05) is 0 Å². The van der Waals surface area contributed by atoms with Gasteiger partial charge >= 0.3 is 5.97 Å². The van der Waals surface area contributed by atoms with Crippen LogP contribution in [0.5, 0.6) is 17.2 Å². The Bertz CT molecular complexity index is 1440. The Morgan fingerprint density at radius 3 is 2.22 bits per heavy atom. The minimum Gasteiger partial charge on any atom is -0.493 e. The molecule has 0 aliphatic rings. The molecule has 0 atom stereocenters. The van der Waals surface area contributed by atoms with Gasteiger partial charge in [-0.1, -0.05) is 11.6 Å². The lowest BCUT2D eigenvalue weighted by atomic mass is 10.2. The molecule has 3 rings (SSSR count). The molecule has 0 aliphatic heterocycles. The zero-order valence-corrected chi connectivity index (χ0v) is 21.3. The molecule has 0 aliphatic carbocycles. The first-order valence-corrected chi connectivity index (χ1v) is 12.2. The van der Waals surface area contributed by atoms with Crippen molar-refractivity contribution in [3.63, 3.8) is 0 Å². The summed E-state index contributed by atoms with van der Waals surface area (Å²) in [5, 5.41) is 16.0. The largest absolute Gasteiger partial charge is 0.493 e. The van der Waals surface area contributed by atoms with E-state index in [2.05, 4.69) is 15.2 Å². The molecule has 3 aromatic carbocycles. The molecular weight excluding hydrogens is 528 g/mol. The van der Waals surface area contributed by atoms with E-state index >= 15 is 0 Å². The third kappa shape index (κ3) is 6.86. The van der Waals surface area contributed by atoms with Crippen molar-refractivity contribution in [2.24, 2.45) is 5.10 Å². The summed E-state index contributed by atoms with van der Waals surface area (Å²) in [5.41, 5.74) is 2.65. The van der Waals surface area contributed by atoms with Gasteiger partial charge in [-0.05, 0) is 48.5 Å². The molecule has 0 spiro atoms. The molecule has 0 aromatic heterocycles. The Morgan fingerprint density at radius 2 is 1.68 bits per heavy atom. The van der Waals surface area contributed by atoms with Crippen LogP contribution in [0.15, 0.2) is 64.6 Å². The average molecular weight is 549 g/mol. The van der Waals surface area contributed by atoms with Crippen molar-refractivity contribution in [3.05, 3.63) is 75.3 Å². The number of benzene rings is 3. The van der Waals surface area contributed by atoms with Crippen LogP contribution in [0.4, 0.5) is 17.1 Å². The highest BCUT2D eigenvalue weighted by Gasteiger charge is 2.22. The zero-order chi connectivity index (χ0) is 27.2. The molecule has 194 valence electrons. The number of hydrogen-bond acceptors (Lipinski definition) is 10. The summed E-state index contributed by atoms with van der Waals surface area (Å²) in [5.74, 6) is -0.0856. The van der Waals surface area contributed by atoms with Gasteiger partial charge in [-0.15, -0.1) is 0 Å². The minimum absolute atomic E-state index is 0.0536. The molecule has 0 bridgehead atoms. The van der Waals surface area contributed by atoms with Crippen molar-refractivity contribution >= 4 is 50.9 Å². The number of sulfonamides is 1. The molecule has 0 unspecified atom stereocenters. The number of hydrogen-bond donors (Lipinski definition) is 2. The number of methoxy groups -OCH3 is 2. The van der Waals surface area contributed by atoms with Crippen LogP contribution >= 0.6 is 11.6 Å². The van der Waals surface area contributed by atoms with E-state index in [0.717, 1.165) is 6.07 Å². The second-order valence-electron chi connectivity index (χ2n) is 7.27. The molecule has 0 radical (unpaired) electrons. The highest BCUT2D eigenvalue weighted by molar-refractivity contribution is 7.92. The van der Waals surface area contributed by atoms with Crippen molar-refractivity contribution < 1.29 is 32.3 Å². The van der Waals surface area contributed by atoms with Gasteiger partial charge < -0.3 is 14.2 Å². The summed E-state index contributed by atoms with van der Waals surface area (Å²) < 4.78 is 43.4. The summed E-state index contributed by atoms with van der Waals surface area (Å²) in [7, 11) is -1.36. The second kappa shape index (κ2) is 11.6. The van der Waals surface area contributed by atoms with Crippen LogP contribution < -0.4 is 24.4 Å². The third-order valence-electron chi connectivity index (χ3n) is 4.70. The first-order chi connectivity index (χ1) is 17.5. The maximum atomic E-state index is 12.7. The molecule has 14 heteroatoms. The van der Waals surface area contributed by atoms with Gasteiger partial charge in [0.05, 0.1) is 30.3 Å². The number of anilines is 2. The number of halogens is 1. The average Bonchev–Trinajstić information content (AvgIpc) is 2.85. The fraction of sp³-hybridized carbons (Fsp3) is 0.130. The molecule has 12 nitrogen and oxygen atoms in total. The lowest BCUT2D eigenvalue weighted by Crippen LogP contribution is -2.13. The van der Waals surface area contributed by atoms with Crippen LogP contribution in [0.25, 0.3) is 0 Å². The van der Waals surface area contributed by atoms with E-state index in [9.17, 15) is 23.3 Å². The van der Waals surface area contributed by atoms with Crippen LogP contribution in [0.2, 0.25) is 5.02 Å². The van der Waals surface area contributed by atoms with Gasteiger partial charge in [0.15, 0.2) is 11.5 Å². The predicted molar refractivity (Wildman–Crippen MR) is 137 cm³/mol. The van der Waals surface area contributed by atoms with Gasteiger partial charge in [0, 0.05) is 29.3 Å². The fourth-order valence-corrected chi connectivity index (χ4v) is 4.26. The number of esters is 1. The first-order valence-electron chi connectivity index (χ1n) is 10.3. The minimum atomic E-state index is -4.12. The van der Waals surface area contributed by atoms with E-state index in [4.69, 9.17) is 25.8 Å². The number of rotatable bonds is 10. The molecule has 0 amide bonds. The molecule has 37 heavy (non-hydrogen) atoms. The van der Waals surface area contributed by atoms with E-state index in [0.29, 0.717) is 10.6 Å². The standard InChI is InChI=1S/C23H21ClN4O8S/c1-14(29)36-23-21(34-2)10-15(11-22(23)35-3)13-25-26-19-9-8-18(12-20(19)28(30)31)37(32,33)27-17-6-4-16(24)5-7-17/h4-13,26-27H,1-3H3/b25-13-. The lowest BCUT2D eigenvalue weighted by Gasteiger charge is -2.13. The van der Waals surface area contributed by atoms with Crippen molar-refractivity contribution in [1.29, 1.82) is 0 Å². The summed E-state index contributed by atoms with van der Waals surface area (Å²) in [6.07, 6.45) is 1.32. The van der Waals surface area contributed by atoms with E-state index in [1.165, 1.54) is 75.9 Å². The van der Waals surface area contributed by atoms with Crippen molar-refractivity contribution in [2.45, 2.75) is 11.8 Å². The molecule has 0 saturated heterocycles. The normalized spacial score (nSPS) is 11.1. The van der Waals surface area contributed by atoms with Crippen LogP contribution in [-0.4, -0.2) is 39.7 Å². The summed E-state index contributed by atoms with van der Waals surface area (Å²) in [4.78, 5) is 21.9. The highest BCUT2D eigenvalue weighted by Crippen LogP contribution is 2.38. The predicted octanol–water partition coefficient (Wildman–Crippen LogP) is 4.44. The number of nitro groups is 1. The highest BCUT2D eigenvalue weighted by atomic mass is 35.5. The molecule has 3 aromatic rings. The molecule has 0 fully saturated rings. The summed E-state index contributed by atoms with van der Waals surface area (Å²) in [6, 6.07) is 12.3. The smallest absolute Gasteiger partial charge is 0.308 e. The number of ether oxygens (including phenoxy) is 3. The number of nitro benzene ring substituents is 1. The van der Waals surface area contributed by atoms with E-state index in [1.54, 1.807) is 0 Å². The monoisotopic (exact) mass is 548 g/mol. The Morgan fingerprint density at radius 1 is 1.05 bits per heavy atom. The van der Waals surface area contributed by atoms with Gasteiger partial charge in [0.25, 0.3) is 15.7 Å². The maximum Gasteiger partial charge on any atom is 0.308 e. The van der Waals surface area contributed by atoms with Gasteiger partial charge in [-0.2, -0.15) is 5.10 Å². The Hall–Kier alpha value is -4.36. The molecule has 2 N–H and O–H groups in total. The van der Waals surface area contributed by atoms with Crippen molar-refractivity contribution in [2.75, 3.05) is 24.4 Å². The maximum absolute atomic E-state index is 12.7. The Kier molecular flexibility index (Phi) is 8.52. The molecular formula is C23H21ClN4O8S. The van der Waals surface area contributed by atoms with Gasteiger partial charge in [-0.3, -0.25) is 25.1 Å². The van der Waals surface area contributed by atoms with Crippen LogP contribution in [0, 0.1) is 10.1 Å². The van der Waals surface area contributed by atoms with Gasteiger partial charge in [-0.25, -0.2) is 8.42 Å². The third-order valence-corrected chi connectivity index (χ3v) is 6.33. The van der Waals surface area contributed by atoms with Crippen molar-refractivity contribution in [1.82, 2.24) is 0 Å². The van der Waals surface area contributed by atoms with Crippen molar-refractivity contribution in [3.8, 4) is 17.2 Å². The number of nitrogens with zero attached hydrogens (tertiary/aromatic N) is 2. The van der Waals surface area contributed by atoms with E-state index in [-0.39, 0.29) is 33.5 Å². The van der Waals surface area contributed by atoms with E-state index < -0.39 is 26.6 Å². The first kappa shape index (κ1) is 27.2. The van der Waals surface area contributed by atoms with Gasteiger partial charge in [0.2, 0.25) is 5.75 Å². The van der Waals surface area contributed by atoms with Crippen LogP contribution in [0.1, 0.15) is 12.5 Å². The van der Waals surface area contributed by atoms with Crippen LogP contribution in [0.3, 0.4) is 0 Å². The van der Waals surface area contributed by atoms with Gasteiger partial charge in [0.1, 0.15) is 5.69 Å². The topological polar surface area (TPSA) is 158 Å². The number of nitrogens with one attached hydrogen (secondary N) is 2. The SMILES string of the molecule is COc1cc(/C=N\Nc2ccc(S(=O)(=O)Nc3ccc(Cl)cc3)cc2[N+](=O)[O-])cc(OC)c1OC(C)=O. The Balaban J connectivity index is 1.85.